The molecule has 0 radical (unpaired) electrons. The van der Waals surface area contributed by atoms with Crippen LogP contribution in [0.1, 0.15) is 13.3 Å². The lowest BCUT2D eigenvalue weighted by Gasteiger charge is -2.15. The van der Waals surface area contributed by atoms with Gasteiger partial charge in [-0.1, -0.05) is 6.92 Å². The molecule has 0 aliphatic carbocycles. The number of nitro benzene ring substituents is 1. The Morgan fingerprint density at radius 2 is 2.03 bits per heavy atom. The molecule has 0 fully saturated rings. The van der Waals surface area contributed by atoms with Crippen molar-refractivity contribution < 1.29 is 14.8 Å². The summed E-state index contributed by atoms with van der Waals surface area (Å²) in [6, 6.07) is 5.48. The third-order valence-corrected chi connectivity index (χ3v) is 4.42. The van der Waals surface area contributed by atoms with E-state index in [0.29, 0.717) is 18.2 Å². The van der Waals surface area contributed by atoms with E-state index in [0.717, 1.165) is 6.42 Å². The molecule has 0 bridgehead atoms. The molecule has 30 heavy (non-hydrogen) atoms. The van der Waals surface area contributed by atoms with Crippen molar-refractivity contribution in [3.05, 3.63) is 55.2 Å². The largest absolute Gasteiger partial charge is 0.491 e. The number of hydrogen-bond acceptors (Lipinski definition) is 8. The molecule has 0 amide bonds. The van der Waals surface area contributed by atoms with Crippen molar-refractivity contribution in [3.63, 3.8) is 0 Å². The minimum absolute atomic E-state index is 0.0171. The Kier molecular flexibility index (Phi) is 6.16. The molecule has 3 rings (SSSR count). The van der Waals surface area contributed by atoms with Crippen LogP contribution in [-0.4, -0.2) is 48.4 Å². The number of ether oxygens (including phenoxy) is 1. The number of H-pyrrole nitrogens is 1. The Labute approximate surface area is 169 Å². The molecular formula is C18H22N6O6. The molecule has 0 saturated carbocycles. The van der Waals surface area contributed by atoms with E-state index >= 15 is 0 Å². The Bertz CT molecular complexity index is 1160. The Morgan fingerprint density at radius 3 is 2.67 bits per heavy atom. The highest BCUT2D eigenvalue weighted by molar-refractivity contribution is 5.74. The number of aliphatic hydroxyl groups is 1. The zero-order chi connectivity index (χ0) is 21.8. The Morgan fingerprint density at radius 1 is 1.33 bits per heavy atom. The zero-order valence-electron chi connectivity index (χ0n) is 16.5. The maximum atomic E-state index is 12.4. The molecule has 12 heteroatoms. The molecule has 3 N–H and O–H groups in total. The first-order chi connectivity index (χ1) is 14.3. The van der Waals surface area contributed by atoms with Crippen molar-refractivity contribution in [3.8, 4) is 5.75 Å². The van der Waals surface area contributed by atoms with Gasteiger partial charge in [0.2, 0.25) is 5.95 Å². The number of rotatable bonds is 9. The van der Waals surface area contributed by atoms with Gasteiger partial charge in [0.25, 0.3) is 11.2 Å². The monoisotopic (exact) mass is 418 g/mol. The molecule has 0 spiro atoms. The Hall–Kier alpha value is -3.67. The lowest BCUT2D eigenvalue weighted by atomic mass is 10.3. The number of benzene rings is 1. The summed E-state index contributed by atoms with van der Waals surface area (Å²) in [5.41, 5.74) is -0.893. The number of imidazole rings is 1. The zero-order valence-corrected chi connectivity index (χ0v) is 16.5. The van der Waals surface area contributed by atoms with E-state index < -0.39 is 22.3 Å². The number of hydrogen-bond donors (Lipinski definition) is 3. The summed E-state index contributed by atoms with van der Waals surface area (Å²) >= 11 is 0. The number of aromatic nitrogens is 4. The van der Waals surface area contributed by atoms with Crippen LogP contribution in [0.25, 0.3) is 11.2 Å². The van der Waals surface area contributed by atoms with Crippen LogP contribution in [0.5, 0.6) is 5.75 Å². The lowest BCUT2D eigenvalue weighted by Crippen LogP contribution is -2.31. The third-order valence-electron chi connectivity index (χ3n) is 4.42. The van der Waals surface area contributed by atoms with Crippen molar-refractivity contribution >= 4 is 22.8 Å². The molecule has 1 unspecified atom stereocenters. The standard InChI is InChI=1S/C18H22N6O6/c1-3-8-19-17-20-15-14(16(26)21-18(27)22(15)2)23(17)9-12(25)10-30-13-6-4-11(5-7-13)24(28)29/h4-7,12,25H,3,8-10H2,1-2H3,(H,19,20)(H,21,26,27). The van der Waals surface area contributed by atoms with Gasteiger partial charge < -0.3 is 19.7 Å². The van der Waals surface area contributed by atoms with Crippen LogP contribution in [-0.2, 0) is 13.6 Å². The van der Waals surface area contributed by atoms with Gasteiger partial charge in [-0.15, -0.1) is 0 Å². The molecule has 2 heterocycles. The second-order valence-electron chi connectivity index (χ2n) is 6.68. The average Bonchev–Trinajstić information content (AvgIpc) is 3.08. The van der Waals surface area contributed by atoms with Gasteiger partial charge in [-0.25, -0.2) is 4.79 Å². The van der Waals surface area contributed by atoms with Crippen LogP contribution < -0.4 is 21.3 Å². The van der Waals surface area contributed by atoms with E-state index in [1.165, 1.54) is 40.4 Å². The number of nitro groups is 1. The summed E-state index contributed by atoms with van der Waals surface area (Å²) in [5, 5.41) is 24.3. The van der Waals surface area contributed by atoms with E-state index in [4.69, 9.17) is 4.74 Å². The summed E-state index contributed by atoms with van der Waals surface area (Å²) in [5.74, 6) is 0.715. The third kappa shape index (κ3) is 4.33. The summed E-state index contributed by atoms with van der Waals surface area (Å²) in [4.78, 5) is 41.0. The average molecular weight is 418 g/mol. The fourth-order valence-electron chi connectivity index (χ4n) is 2.90. The predicted molar refractivity (Wildman–Crippen MR) is 109 cm³/mol. The van der Waals surface area contributed by atoms with Gasteiger partial charge in [-0.3, -0.25) is 24.5 Å². The first kappa shape index (κ1) is 21.0. The van der Waals surface area contributed by atoms with E-state index in [1.54, 1.807) is 0 Å². The smallest absolute Gasteiger partial charge is 0.329 e. The summed E-state index contributed by atoms with van der Waals surface area (Å²) < 4.78 is 8.22. The number of aliphatic hydroxyl groups excluding tert-OH is 1. The number of anilines is 1. The van der Waals surface area contributed by atoms with Crippen molar-refractivity contribution in [2.45, 2.75) is 26.0 Å². The number of aryl methyl sites for hydroxylation is 1. The quantitative estimate of drug-likeness (QED) is 0.337. The van der Waals surface area contributed by atoms with Crippen molar-refractivity contribution in [1.29, 1.82) is 0 Å². The van der Waals surface area contributed by atoms with Gasteiger partial charge in [0.15, 0.2) is 11.2 Å². The summed E-state index contributed by atoms with van der Waals surface area (Å²) in [6.07, 6.45) is -0.207. The van der Waals surface area contributed by atoms with Crippen LogP contribution in [0.4, 0.5) is 11.6 Å². The second-order valence-corrected chi connectivity index (χ2v) is 6.68. The van der Waals surface area contributed by atoms with Crippen LogP contribution in [0.3, 0.4) is 0 Å². The van der Waals surface area contributed by atoms with Crippen molar-refractivity contribution in [2.75, 3.05) is 18.5 Å². The van der Waals surface area contributed by atoms with Crippen LogP contribution in [0, 0.1) is 10.1 Å². The first-order valence-electron chi connectivity index (χ1n) is 9.30. The van der Waals surface area contributed by atoms with Crippen molar-refractivity contribution in [2.24, 2.45) is 7.05 Å². The molecule has 2 aromatic heterocycles. The fraction of sp³-hybridized carbons (Fsp3) is 0.389. The van der Waals surface area contributed by atoms with Gasteiger partial charge >= 0.3 is 5.69 Å². The summed E-state index contributed by atoms with van der Waals surface area (Å²) in [6.45, 7) is 2.42. The molecule has 3 aromatic rings. The number of non-ortho nitro benzene ring substituents is 1. The molecule has 12 nitrogen and oxygen atoms in total. The van der Waals surface area contributed by atoms with E-state index in [9.17, 15) is 24.8 Å². The molecule has 1 atom stereocenters. The van der Waals surface area contributed by atoms with Gasteiger partial charge in [-0.2, -0.15) is 4.98 Å². The first-order valence-corrected chi connectivity index (χ1v) is 9.30. The molecule has 0 aliphatic rings. The minimum Gasteiger partial charge on any atom is -0.491 e. The second kappa shape index (κ2) is 8.78. The molecular weight excluding hydrogens is 396 g/mol. The van der Waals surface area contributed by atoms with E-state index in [2.05, 4.69) is 15.3 Å². The van der Waals surface area contributed by atoms with Crippen LogP contribution in [0.2, 0.25) is 0 Å². The number of nitrogens with zero attached hydrogens (tertiary/aromatic N) is 4. The highest BCUT2D eigenvalue weighted by Gasteiger charge is 2.19. The minimum atomic E-state index is -1.02. The van der Waals surface area contributed by atoms with E-state index in [-0.39, 0.29) is 30.0 Å². The Balaban J connectivity index is 1.82. The molecule has 0 aliphatic heterocycles. The molecule has 1 aromatic carbocycles. The fourth-order valence-corrected chi connectivity index (χ4v) is 2.90. The predicted octanol–water partition coefficient (Wildman–Crippen LogP) is 0.593. The normalized spacial score (nSPS) is 12.1. The maximum Gasteiger partial charge on any atom is 0.329 e. The number of aromatic amines is 1. The lowest BCUT2D eigenvalue weighted by molar-refractivity contribution is -0.384. The van der Waals surface area contributed by atoms with Gasteiger partial charge in [0.05, 0.1) is 11.5 Å². The molecule has 0 saturated heterocycles. The number of nitrogens with one attached hydrogen (secondary N) is 2. The van der Waals surface area contributed by atoms with Crippen LogP contribution >= 0.6 is 0 Å². The van der Waals surface area contributed by atoms with E-state index in [1.807, 2.05) is 6.92 Å². The van der Waals surface area contributed by atoms with Crippen LogP contribution in [0.15, 0.2) is 33.9 Å². The van der Waals surface area contributed by atoms with Gasteiger partial charge in [0.1, 0.15) is 18.5 Å². The topological polar surface area (TPSA) is 157 Å². The SMILES string of the molecule is CCCNc1nc2c(c(=O)[nH]c(=O)n2C)n1CC(O)COc1ccc([N+](=O)[O-])cc1. The highest BCUT2D eigenvalue weighted by atomic mass is 16.6. The van der Waals surface area contributed by atoms with Gasteiger partial charge in [-0.05, 0) is 18.6 Å². The van der Waals surface area contributed by atoms with Gasteiger partial charge in [0, 0.05) is 25.7 Å². The molecule has 160 valence electrons. The maximum absolute atomic E-state index is 12.4. The highest BCUT2D eigenvalue weighted by Crippen LogP contribution is 2.19. The summed E-state index contributed by atoms with van der Waals surface area (Å²) in [7, 11) is 1.50. The number of fused-ring (bicyclic) bond motifs is 1. The van der Waals surface area contributed by atoms with Crippen molar-refractivity contribution in [1.82, 2.24) is 19.1 Å².